The Balaban J connectivity index is 0.00000289. The summed E-state index contributed by atoms with van der Waals surface area (Å²) < 4.78 is 14.9. The lowest BCUT2D eigenvalue weighted by molar-refractivity contribution is 0.461. The molecule has 1 aromatic heterocycles. The van der Waals surface area contributed by atoms with Crippen LogP contribution in [0.4, 0.5) is 10.1 Å². The van der Waals surface area contributed by atoms with E-state index >= 15 is 0 Å². The first kappa shape index (κ1) is 24.0. The quantitative estimate of drug-likeness (QED) is 0.278. The minimum Gasteiger partial charge on any atom is -0.371 e. The molecule has 0 radical (unpaired) electrons. The fourth-order valence-electron chi connectivity index (χ4n) is 3.85. The lowest BCUT2D eigenvalue weighted by Gasteiger charge is -2.34. The highest BCUT2D eigenvalue weighted by molar-refractivity contribution is 14.0. The zero-order valence-corrected chi connectivity index (χ0v) is 20.6. The van der Waals surface area contributed by atoms with Crippen LogP contribution in [0, 0.1) is 5.82 Å². The number of hydrogen-bond acceptors (Lipinski definition) is 3. The van der Waals surface area contributed by atoms with Gasteiger partial charge in [-0.05, 0) is 55.3 Å². The van der Waals surface area contributed by atoms with Crippen molar-refractivity contribution >= 4 is 35.6 Å². The first-order valence-corrected chi connectivity index (χ1v) is 10.8. The van der Waals surface area contributed by atoms with Gasteiger partial charge in [0.2, 0.25) is 0 Å². The Morgan fingerprint density at radius 2 is 1.75 bits per heavy atom. The van der Waals surface area contributed by atoms with E-state index in [0.29, 0.717) is 6.04 Å². The van der Waals surface area contributed by atoms with Crippen molar-refractivity contribution in [2.24, 2.45) is 4.99 Å². The molecule has 170 valence electrons. The molecule has 2 heterocycles. The molecule has 0 aliphatic carbocycles. The van der Waals surface area contributed by atoms with Gasteiger partial charge < -0.3 is 15.5 Å². The Bertz CT molecular complexity index is 981. The molecular weight excluding hydrogens is 518 g/mol. The van der Waals surface area contributed by atoms with E-state index in [1.807, 2.05) is 12.3 Å². The van der Waals surface area contributed by atoms with E-state index in [0.717, 1.165) is 56.2 Å². The molecule has 1 fully saturated rings. The van der Waals surface area contributed by atoms with Gasteiger partial charge >= 0.3 is 0 Å². The van der Waals surface area contributed by atoms with Gasteiger partial charge in [0.15, 0.2) is 5.96 Å². The summed E-state index contributed by atoms with van der Waals surface area (Å²) in [5, 5.41) is 11.5. The third-order valence-electron chi connectivity index (χ3n) is 5.59. The summed E-state index contributed by atoms with van der Waals surface area (Å²) in [5.41, 5.74) is 3.12. The molecule has 0 atom stereocenters. The predicted molar refractivity (Wildman–Crippen MR) is 139 cm³/mol. The summed E-state index contributed by atoms with van der Waals surface area (Å²) in [4.78, 5) is 6.81. The summed E-state index contributed by atoms with van der Waals surface area (Å²) in [6.45, 7) is 2.82. The van der Waals surface area contributed by atoms with Gasteiger partial charge in [0.05, 0.1) is 11.4 Å². The smallest absolute Gasteiger partial charge is 0.191 e. The standard InChI is InChI=1S/C24H29FN6.HI/c1-26-24(28-20-12-16-30(17-13-20)22-5-3-2-4-6-22)27-15-11-21-14-18-31(29-21)23-9-7-19(25)8-10-23;/h2-10,14,18,20H,11-13,15-17H2,1H3,(H2,26,27,28);1H. The number of guanidine groups is 1. The number of halogens is 2. The van der Waals surface area contributed by atoms with Crippen LogP contribution >= 0.6 is 24.0 Å². The molecule has 0 saturated carbocycles. The van der Waals surface area contributed by atoms with Crippen molar-refractivity contribution in [3.05, 3.63) is 78.4 Å². The van der Waals surface area contributed by atoms with E-state index in [2.05, 4.69) is 56.0 Å². The van der Waals surface area contributed by atoms with Crippen LogP contribution in [0.25, 0.3) is 5.69 Å². The van der Waals surface area contributed by atoms with Gasteiger partial charge in [0.1, 0.15) is 5.82 Å². The Hall–Kier alpha value is -2.62. The Kier molecular flexibility index (Phi) is 8.90. The maximum Gasteiger partial charge on any atom is 0.191 e. The second kappa shape index (κ2) is 11.8. The van der Waals surface area contributed by atoms with Crippen molar-refractivity contribution in [1.29, 1.82) is 0 Å². The number of rotatable bonds is 6. The van der Waals surface area contributed by atoms with Crippen molar-refractivity contribution in [2.75, 3.05) is 31.6 Å². The van der Waals surface area contributed by atoms with E-state index < -0.39 is 0 Å². The molecule has 2 N–H and O–H groups in total. The number of benzene rings is 2. The van der Waals surface area contributed by atoms with Crippen LogP contribution in [0.15, 0.2) is 71.9 Å². The highest BCUT2D eigenvalue weighted by Gasteiger charge is 2.20. The predicted octanol–water partition coefficient (Wildman–Crippen LogP) is 4.01. The topological polar surface area (TPSA) is 57.5 Å². The first-order chi connectivity index (χ1) is 15.2. The molecule has 0 amide bonds. The SMILES string of the molecule is CN=C(NCCc1ccn(-c2ccc(F)cc2)n1)NC1CCN(c2ccccc2)CC1.I. The third kappa shape index (κ3) is 6.44. The van der Waals surface area contributed by atoms with Gasteiger partial charge in [-0.2, -0.15) is 5.10 Å². The van der Waals surface area contributed by atoms with Crippen LogP contribution in [0.1, 0.15) is 18.5 Å². The van der Waals surface area contributed by atoms with Crippen LogP contribution in [-0.2, 0) is 6.42 Å². The fraction of sp³-hybridized carbons (Fsp3) is 0.333. The molecule has 1 saturated heterocycles. The summed E-state index contributed by atoms with van der Waals surface area (Å²) >= 11 is 0. The maximum absolute atomic E-state index is 13.1. The van der Waals surface area contributed by atoms with E-state index in [1.165, 1.54) is 17.8 Å². The molecule has 2 aromatic carbocycles. The van der Waals surface area contributed by atoms with Gasteiger partial charge in [-0.3, -0.25) is 4.99 Å². The van der Waals surface area contributed by atoms with Crippen molar-refractivity contribution in [1.82, 2.24) is 20.4 Å². The maximum atomic E-state index is 13.1. The van der Waals surface area contributed by atoms with E-state index in [1.54, 1.807) is 23.9 Å². The largest absolute Gasteiger partial charge is 0.371 e. The van der Waals surface area contributed by atoms with Gasteiger partial charge in [-0.25, -0.2) is 9.07 Å². The lowest BCUT2D eigenvalue weighted by Crippen LogP contribution is -2.49. The number of anilines is 1. The minimum atomic E-state index is -0.245. The number of nitrogens with zero attached hydrogens (tertiary/aromatic N) is 4. The van der Waals surface area contributed by atoms with Crippen molar-refractivity contribution in [3.8, 4) is 5.69 Å². The van der Waals surface area contributed by atoms with Crippen molar-refractivity contribution in [3.63, 3.8) is 0 Å². The summed E-state index contributed by atoms with van der Waals surface area (Å²) in [7, 11) is 1.80. The number of nitrogens with one attached hydrogen (secondary N) is 2. The Morgan fingerprint density at radius 1 is 1.03 bits per heavy atom. The minimum absolute atomic E-state index is 0. The summed E-state index contributed by atoms with van der Waals surface area (Å²) in [5.74, 6) is 0.584. The Morgan fingerprint density at radius 3 is 2.44 bits per heavy atom. The zero-order chi connectivity index (χ0) is 21.5. The number of hydrogen-bond donors (Lipinski definition) is 2. The van der Waals surface area contributed by atoms with E-state index in [4.69, 9.17) is 0 Å². The second-order valence-corrected chi connectivity index (χ2v) is 7.72. The van der Waals surface area contributed by atoms with Gasteiger partial charge in [-0.1, -0.05) is 18.2 Å². The second-order valence-electron chi connectivity index (χ2n) is 7.72. The molecule has 3 aromatic rings. The van der Waals surface area contributed by atoms with Crippen LogP contribution < -0.4 is 15.5 Å². The van der Waals surface area contributed by atoms with Crippen LogP contribution in [0.5, 0.6) is 0 Å². The Labute approximate surface area is 205 Å². The molecule has 6 nitrogen and oxygen atoms in total. The van der Waals surface area contributed by atoms with Crippen molar-refractivity contribution < 1.29 is 4.39 Å². The van der Waals surface area contributed by atoms with E-state index in [9.17, 15) is 4.39 Å². The lowest BCUT2D eigenvalue weighted by atomic mass is 10.0. The van der Waals surface area contributed by atoms with Gasteiger partial charge in [-0.15, -0.1) is 24.0 Å². The number of piperidine rings is 1. The number of para-hydroxylation sites is 1. The van der Waals surface area contributed by atoms with Crippen LogP contribution in [0.2, 0.25) is 0 Å². The highest BCUT2D eigenvalue weighted by Crippen LogP contribution is 2.19. The number of aromatic nitrogens is 2. The molecule has 0 unspecified atom stereocenters. The molecule has 4 rings (SSSR count). The number of aliphatic imine (C=N–C) groups is 1. The molecule has 0 bridgehead atoms. The summed E-state index contributed by atoms with van der Waals surface area (Å²) in [6.07, 6.45) is 4.84. The molecular formula is C24H30FIN6. The zero-order valence-electron chi connectivity index (χ0n) is 18.2. The van der Waals surface area contributed by atoms with Gasteiger partial charge in [0.25, 0.3) is 0 Å². The molecule has 1 aliphatic heterocycles. The van der Waals surface area contributed by atoms with Crippen LogP contribution in [-0.4, -0.2) is 48.5 Å². The van der Waals surface area contributed by atoms with Crippen LogP contribution in [0.3, 0.4) is 0 Å². The fourth-order valence-corrected chi connectivity index (χ4v) is 3.85. The molecule has 8 heteroatoms. The average molecular weight is 548 g/mol. The normalized spacial score (nSPS) is 14.7. The van der Waals surface area contributed by atoms with Gasteiger partial charge in [0, 0.05) is 51.0 Å². The third-order valence-corrected chi connectivity index (χ3v) is 5.59. The van der Waals surface area contributed by atoms with E-state index in [-0.39, 0.29) is 29.8 Å². The first-order valence-electron chi connectivity index (χ1n) is 10.8. The molecule has 1 aliphatic rings. The molecule has 32 heavy (non-hydrogen) atoms. The monoisotopic (exact) mass is 548 g/mol. The molecule has 0 spiro atoms. The highest BCUT2D eigenvalue weighted by atomic mass is 127. The average Bonchev–Trinajstić information content (AvgIpc) is 3.29. The summed E-state index contributed by atoms with van der Waals surface area (Å²) in [6, 6.07) is 19.3. The van der Waals surface area contributed by atoms with Crippen molar-refractivity contribution in [2.45, 2.75) is 25.3 Å².